The molecule has 2 heterocycles. The molecule has 49 heavy (non-hydrogen) atoms. The number of carbonyl (C=O) groups is 3. The normalized spacial score (nSPS) is 15.0. The summed E-state index contributed by atoms with van der Waals surface area (Å²) >= 11 is 0. The molecule has 1 aromatic heterocycles. The van der Waals surface area contributed by atoms with Crippen LogP contribution in [0.15, 0.2) is 79.0 Å². The Bertz CT molecular complexity index is 1870. The van der Waals surface area contributed by atoms with E-state index in [1.54, 1.807) is 55.6 Å². The van der Waals surface area contributed by atoms with Crippen molar-refractivity contribution >= 4 is 23.6 Å². The molecule has 0 aliphatic carbocycles. The van der Waals surface area contributed by atoms with E-state index in [4.69, 9.17) is 4.74 Å². The van der Waals surface area contributed by atoms with Crippen molar-refractivity contribution in [3.8, 4) is 28.8 Å². The summed E-state index contributed by atoms with van der Waals surface area (Å²) in [6, 6.07) is 20.4. The zero-order valence-corrected chi connectivity index (χ0v) is 28.6. The second kappa shape index (κ2) is 15.1. The van der Waals surface area contributed by atoms with Gasteiger partial charge in [-0.3, -0.25) is 14.3 Å². The number of aryl methyl sites for hydroxylation is 2. The van der Waals surface area contributed by atoms with Gasteiger partial charge in [0.15, 0.2) is 0 Å². The molecule has 10 nitrogen and oxygen atoms in total. The number of hydrogen-bond acceptors (Lipinski definition) is 6. The maximum Gasteiger partial charge on any atom is 0.408 e. The van der Waals surface area contributed by atoms with E-state index in [-0.39, 0.29) is 24.0 Å². The van der Waals surface area contributed by atoms with Gasteiger partial charge in [0.2, 0.25) is 11.8 Å². The average molecular weight is 662 g/mol. The molecule has 1 saturated heterocycles. The summed E-state index contributed by atoms with van der Waals surface area (Å²) in [5.41, 5.74) is 4.34. The lowest BCUT2D eigenvalue weighted by atomic mass is 9.98. The lowest BCUT2D eigenvalue weighted by molar-refractivity contribution is -0.142. The molecule has 2 atom stereocenters. The van der Waals surface area contributed by atoms with Gasteiger partial charge in [-0.05, 0) is 88.9 Å². The van der Waals surface area contributed by atoms with E-state index in [1.165, 1.54) is 0 Å². The molecular weight excluding hydrogens is 618 g/mol. The average Bonchev–Trinajstić information content (AvgIpc) is 3.44. The molecule has 1 fully saturated rings. The van der Waals surface area contributed by atoms with Crippen molar-refractivity contribution < 1.29 is 24.2 Å². The Labute approximate surface area is 287 Å². The van der Waals surface area contributed by atoms with Crippen LogP contribution in [0.25, 0.3) is 11.3 Å². The standard InChI is InChI=1S/C39H43N5O5/c1-26-14-21-34(45)31(23-26)35-29(25-43(5)42-35)18-15-27-16-19-30(20-17-27)40-36(46)33-13-9-10-22-44(33)37(47)32(24-28-11-7-6-8-12-28)41-38(48)49-39(2,3)4/h6-8,11-12,14,16-17,19-21,23,25,32-33,45H,9-10,13,22,24H2,1-5H3,(H,40,46)(H,41,48). The molecule has 0 radical (unpaired) electrons. The van der Waals surface area contributed by atoms with Crippen LogP contribution in [0.4, 0.5) is 10.5 Å². The summed E-state index contributed by atoms with van der Waals surface area (Å²) in [6.45, 7) is 7.65. The van der Waals surface area contributed by atoms with Crippen LogP contribution in [0.2, 0.25) is 0 Å². The second-order valence-electron chi connectivity index (χ2n) is 13.3. The van der Waals surface area contributed by atoms with Gasteiger partial charge in [0, 0.05) is 43.0 Å². The van der Waals surface area contributed by atoms with Gasteiger partial charge in [-0.15, -0.1) is 0 Å². The van der Waals surface area contributed by atoms with E-state index in [2.05, 4.69) is 27.6 Å². The van der Waals surface area contributed by atoms with Crippen molar-refractivity contribution in [2.45, 2.75) is 71.1 Å². The van der Waals surface area contributed by atoms with E-state index in [0.717, 1.165) is 29.5 Å². The fourth-order valence-electron chi connectivity index (χ4n) is 5.79. The third-order valence-electron chi connectivity index (χ3n) is 8.09. The summed E-state index contributed by atoms with van der Waals surface area (Å²) in [5.74, 6) is 5.84. The number of alkyl carbamates (subject to hydrolysis) is 1. The van der Waals surface area contributed by atoms with Crippen molar-refractivity contribution in [2.75, 3.05) is 11.9 Å². The van der Waals surface area contributed by atoms with Crippen LogP contribution in [-0.2, 0) is 27.8 Å². The first kappa shape index (κ1) is 34.8. The topological polar surface area (TPSA) is 126 Å². The number of nitrogens with zero attached hydrogens (tertiary/aromatic N) is 3. The van der Waals surface area contributed by atoms with E-state index in [0.29, 0.717) is 35.5 Å². The Morgan fingerprint density at radius 1 is 1.02 bits per heavy atom. The Morgan fingerprint density at radius 3 is 2.47 bits per heavy atom. The Morgan fingerprint density at radius 2 is 1.76 bits per heavy atom. The molecular formula is C39H43N5O5. The quantitative estimate of drug-likeness (QED) is 0.210. The highest BCUT2D eigenvalue weighted by Gasteiger charge is 2.37. The molecule has 4 aromatic rings. The predicted octanol–water partition coefficient (Wildman–Crippen LogP) is 5.96. The molecule has 1 aliphatic rings. The van der Waals surface area contributed by atoms with Crippen LogP contribution in [0, 0.1) is 18.8 Å². The van der Waals surface area contributed by atoms with E-state index in [1.807, 2.05) is 67.7 Å². The first-order valence-electron chi connectivity index (χ1n) is 16.5. The molecule has 1 aliphatic heterocycles. The number of aromatic hydroxyl groups is 1. The number of ether oxygens (including phenoxy) is 1. The number of anilines is 1. The number of rotatable bonds is 7. The Hall–Kier alpha value is -5.56. The highest BCUT2D eigenvalue weighted by molar-refractivity contribution is 5.98. The van der Waals surface area contributed by atoms with Crippen LogP contribution < -0.4 is 10.6 Å². The van der Waals surface area contributed by atoms with Crippen molar-refractivity contribution in [3.05, 3.63) is 101 Å². The maximum absolute atomic E-state index is 14.0. The first-order valence-corrected chi connectivity index (χ1v) is 16.5. The number of amides is 3. The highest BCUT2D eigenvalue weighted by Crippen LogP contribution is 2.31. The number of likely N-dealkylation sites (tertiary alicyclic amines) is 1. The van der Waals surface area contributed by atoms with Gasteiger partial charge in [-0.25, -0.2) is 4.79 Å². The number of phenolic OH excluding ortho intramolecular Hbond substituents is 1. The second-order valence-corrected chi connectivity index (χ2v) is 13.3. The fraction of sp³-hybridized carbons (Fsp3) is 0.333. The molecule has 10 heteroatoms. The monoisotopic (exact) mass is 661 g/mol. The molecule has 3 aromatic carbocycles. The number of nitrogens with one attached hydrogen (secondary N) is 2. The molecule has 5 rings (SSSR count). The number of phenols is 1. The third kappa shape index (κ3) is 9.29. The molecule has 3 amide bonds. The fourth-order valence-corrected chi connectivity index (χ4v) is 5.79. The van der Waals surface area contributed by atoms with Gasteiger partial charge in [0.1, 0.15) is 29.1 Å². The zero-order valence-electron chi connectivity index (χ0n) is 28.6. The van der Waals surface area contributed by atoms with Gasteiger partial charge in [0.05, 0.1) is 5.56 Å². The van der Waals surface area contributed by atoms with Crippen LogP contribution in [0.1, 0.15) is 62.3 Å². The molecule has 0 spiro atoms. The van der Waals surface area contributed by atoms with Crippen molar-refractivity contribution in [2.24, 2.45) is 7.05 Å². The Balaban J connectivity index is 1.29. The first-order chi connectivity index (χ1) is 23.4. The molecule has 0 saturated carbocycles. The minimum absolute atomic E-state index is 0.136. The summed E-state index contributed by atoms with van der Waals surface area (Å²) in [7, 11) is 1.81. The molecule has 0 bridgehead atoms. The zero-order chi connectivity index (χ0) is 35.1. The van der Waals surface area contributed by atoms with E-state index in [9.17, 15) is 19.5 Å². The summed E-state index contributed by atoms with van der Waals surface area (Å²) < 4.78 is 7.12. The number of piperidine rings is 1. The van der Waals surface area contributed by atoms with Crippen LogP contribution >= 0.6 is 0 Å². The largest absolute Gasteiger partial charge is 0.507 e. The smallest absolute Gasteiger partial charge is 0.408 e. The molecule has 254 valence electrons. The van der Waals surface area contributed by atoms with E-state index >= 15 is 0 Å². The maximum atomic E-state index is 14.0. The SMILES string of the molecule is Cc1ccc(O)c(-c2nn(C)cc2C#Cc2ccc(NC(=O)C3CCCCN3C(=O)C(Cc3ccccc3)NC(=O)OC(C)(C)C)cc2)c1. The van der Waals surface area contributed by atoms with Crippen LogP contribution in [0.5, 0.6) is 5.75 Å². The lowest BCUT2D eigenvalue weighted by Gasteiger charge is -2.37. The van der Waals surface area contributed by atoms with Crippen molar-refractivity contribution in [1.29, 1.82) is 0 Å². The Kier molecular flexibility index (Phi) is 10.7. The number of carbonyl (C=O) groups excluding carboxylic acids is 3. The van der Waals surface area contributed by atoms with Crippen molar-refractivity contribution in [3.63, 3.8) is 0 Å². The summed E-state index contributed by atoms with van der Waals surface area (Å²) in [4.78, 5) is 42.0. The highest BCUT2D eigenvalue weighted by atomic mass is 16.6. The van der Waals surface area contributed by atoms with E-state index < -0.39 is 23.8 Å². The minimum atomic E-state index is -0.904. The van der Waals surface area contributed by atoms with Gasteiger partial charge in [-0.2, -0.15) is 5.10 Å². The number of benzene rings is 3. The molecule has 2 unspecified atom stereocenters. The lowest BCUT2D eigenvalue weighted by Crippen LogP contribution is -2.57. The van der Waals surface area contributed by atoms with Crippen molar-refractivity contribution in [1.82, 2.24) is 20.0 Å². The summed E-state index contributed by atoms with van der Waals surface area (Å²) in [6.07, 6.45) is 3.46. The number of aromatic nitrogens is 2. The minimum Gasteiger partial charge on any atom is -0.507 e. The third-order valence-corrected chi connectivity index (χ3v) is 8.09. The van der Waals surface area contributed by atoms with Gasteiger partial charge in [-0.1, -0.05) is 53.8 Å². The molecule has 3 N–H and O–H groups in total. The summed E-state index contributed by atoms with van der Waals surface area (Å²) in [5, 5.41) is 20.7. The van der Waals surface area contributed by atoms with Gasteiger partial charge >= 0.3 is 6.09 Å². The number of hydrogen-bond donors (Lipinski definition) is 3. The van der Waals surface area contributed by atoms with Gasteiger partial charge < -0.3 is 25.4 Å². The predicted molar refractivity (Wildman–Crippen MR) is 189 cm³/mol. The van der Waals surface area contributed by atoms with Gasteiger partial charge in [0.25, 0.3) is 0 Å². The van der Waals surface area contributed by atoms with Crippen LogP contribution in [-0.4, -0.2) is 61.9 Å². The van der Waals surface area contributed by atoms with Crippen LogP contribution in [0.3, 0.4) is 0 Å².